The lowest BCUT2D eigenvalue weighted by Gasteiger charge is -1.91. The minimum atomic E-state index is 0. The highest BCUT2D eigenvalue weighted by molar-refractivity contribution is 5.85. The van der Waals surface area contributed by atoms with E-state index in [0.717, 1.165) is 0 Å². The Bertz CT molecular complexity index is 165. The van der Waals surface area contributed by atoms with Crippen molar-refractivity contribution in [3.63, 3.8) is 0 Å². The van der Waals surface area contributed by atoms with E-state index in [9.17, 15) is 0 Å². The number of ether oxygens (including phenoxy) is 1. The van der Waals surface area contributed by atoms with Crippen LogP contribution < -0.4 is 5.73 Å². The number of halogens is 2. The summed E-state index contributed by atoms with van der Waals surface area (Å²) >= 11 is 0. The molecule has 0 spiro atoms. The first kappa shape index (κ1) is 12.0. The molecule has 0 aliphatic carbocycles. The molecule has 1 aliphatic rings. The predicted molar refractivity (Wildman–Crippen MR) is 45.5 cm³/mol. The van der Waals surface area contributed by atoms with Crippen LogP contribution in [-0.4, -0.2) is 6.40 Å². The zero-order valence-electron chi connectivity index (χ0n) is 5.06. The van der Waals surface area contributed by atoms with Crippen LogP contribution in [0.15, 0.2) is 29.2 Å². The van der Waals surface area contributed by atoms with E-state index >= 15 is 0 Å². The fourth-order valence-corrected chi connectivity index (χ4v) is 0.353. The van der Waals surface area contributed by atoms with Gasteiger partial charge in [0.25, 0.3) is 0 Å². The first-order valence-electron chi connectivity index (χ1n) is 2.20. The Morgan fingerprint density at radius 3 is 2.80 bits per heavy atom. The summed E-state index contributed by atoms with van der Waals surface area (Å²) in [5.41, 5.74) is 5.23. The van der Waals surface area contributed by atoms with Gasteiger partial charge < -0.3 is 10.5 Å². The van der Waals surface area contributed by atoms with Gasteiger partial charge in [-0.15, -0.1) is 24.8 Å². The molecule has 3 nitrogen and oxygen atoms in total. The van der Waals surface area contributed by atoms with Gasteiger partial charge in [0.15, 0.2) is 12.3 Å². The van der Waals surface area contributed by atoms with Crippen LogP contribution in [0, 0.1) is 0 Å². The summed E-state index contributed by atoms with van der Waals surface area (Å²) in [6.45, 7) is 0. The highest BCUT2D eigenvalue weighted by atomic mass is 35.5. The second-order valence-corrected chi connectivity index (χ2v) is 1.28. The van der Waals surface area contributed by atoms with Crippen LogP contribution in [0.5, 0.6) is 0 Å². The van der Waals surface area contributed by atoms with Crippen molar-refractivity contribution in [2.45, 2.75) is 0 Å². The van der Waals surface area contributed by atoms with Gasteiger partial charge in [-0.25, -0.2) is 4.99 Å². The molecule has 0 bridgehead atoms. The molecule has 0 aromatic heterocycles. The van der Waals surface area contributed by atoms with Crippen molar-refractivity contribution in [2.75, 3.05) is 0 Å². The summed E-state index contributed by atoms with van der Waals surface area (Å²) in [5, 5.41) is 0. The van der Waals surface area contributed by atoms with Gasteiger partial charge in [0.1, 0.15) is 0 Å². The number of hydrogen-bond acceptors (Lipinski definition) is 3. The third-order valence-corrected chi connectivity index (χ3v) is 0.682. The lowest BCUT2D eigenvalue weighted by Crippen LogP contribution is -1.98. The van der Waals surface area contributed by atoms with Gasteiger partial charge in [-0.05, 0) is 12.2 Å². The van der Waals surface area contributed by atoms with Crippen LogP contribution in [-0.2, 0) is 4.74 Å². The molecule has 0 atom stereocenters. The molecule has 0 saturated heterocycles. The van der Waals surface area contributed by atoms with Crippen LogP contribution in [0.2, 0.25) is 0 Å². The van der Waals surface area contributed by atoms with Crippen LogP contribution in [0.25, 0.3) is 0 Å². The monoisotopic (exact) mass is 182 g/mol. The molecule has 1 aliphatic heterocycles. The van der Waals surface area contributed by atoms with E-state index in [1.54, 1.807) is 18.4 Å². The van der Waals surface area contributed by atoms with Crippen molar-refractivity contribution >= 4 is 31.2 Å². The maximum Gasteiger partial charge on any atom is 0.192 e. The first-order valence-corrected chi connectivity index (χ1v) is 2.20. The summed E-state index contributed by atoms with van der Waals surface area (Å²) in [7, 11) is 0. The third-order valence-electron chi connectivity index (χ3n) is 0.682. The molecule has 10 heavy (non-hydrogen) atoms. The van der Waals surface area contributed by atoms with Gasteiger partial charge in [0.2, 0.25) is 0 Å². The molecule has 5 heteroatoms. The zero-order valence-corrected chi connectivity index (χ0v) is 6.69. The molecular weight excluding hydrogens is 175 g/mol. The first-order chi connectivity index (χ1) is 3.89. The molecule has 0 aromatic carbocycles. The van der Waals surface area contributed by atoms with Crippen LogP contribution >= 0.6 is 24.8 Å². The molecule has 1 heterocycles. The van der Waals surface area contributed by atoms with E-state index in [2.05, 4.69) is 9.73 Å². The van der Waals surface area contributed by atoms with E-state index in [1.165, 1.54) is 6.40 Å². The van der Waals surface area contributed by atoms with E-state index in [-0.39, 0.29) is 24.8 Å². The largest absolute Gasteiger partial charge is 0.430 e. The predicted octanol–water partition coefficient (Wildman–Crippen LogP) is 1.20. The van der Waals surface area contributed by atoms with Gasteiger partial charge in [-0.2, -0.15) is 0 Å². The molecule has 58 valence electrons. The van der Waals surface area contributed by atoms with Crippen molar-refractivity contribution in [2.24, 2.45) is 10.7 Å². The fourth-order valence-electron chi connectivity index (χ4n) is 0.353. The van der Waals surface area contributed by atoms with Gasteiger partial charge in [-0.1, -0.05) is 0 Å². The Kier molecular flexibility index (Phi) is 7.77. The average Bonchev–Trinajstić information content (AvgIpc) is 1.94. The average molecular weight is 183 g/mol. The second-order valence-electron chi connectivity index (χ2n) is 1.28. The van der Waals surface area contributed by atoms with Crippen molar-refractivity contribution < 1.29 is 4.74 Å². The molecule has 0 radical (unpaired) electrons. The molecule has 0 aromatic rings. The molecule has 2 N–H and O–H groups in total. The number of allylic oxidation sites excluding steroid dienone is 2. The topological polar surface area (TPSA) is 47.6 Å². The lowest BCUT2D eigenvalue weighted by molar-refractivity contribution is 0.429. The minimum Gasteiger partial charge on any atom is -0.430 e. The Morgan fingerprint density at radius 1 is 1.40 bits per heavy atom. The fraction of sp³-hybridized carbons (Fsp3) is 0. The molecule has 0 amide bonds. The van der Waals surface area contributed by atoms with E-state index < -0.39 is 0 Å². The molecule has 0 saturated carbocycles. The Labute approximate surface area is 71.5 Å². The lowest BCUT2D eigenvalue weighted by atomic mass is 10.5. The Balaban J connectivity index is 0. The van der Waals surface area contributed by atoms with Gasteiger partial charge in [0, 0.05) is 6.20 Å². The van der Waals surface area contributed by atoms with Crippen molar-refractivity contribution in [3.8, 4) is 0 Å². The summed E-state index contributed by atoms with van der Waals surface area (Å²) in [5.74, 6) is 0.363. The molecule has 1 rings (SSSR count). The highest BCUT2D eigenvalue weighted by Crippen LogP contribution is 1.90. The van der Waals surface area contributed by atoms with Gasteiger partial charge in [0.05, 0.1) is 0 Å². The van der Waals surface area contributed by atoms with Crippen molar-refractivity contribution in [1.29, 1.82) is 0 Å². The van der Waals surface area contributed by atoms with Crippen LogP contribution in [0.1, 0.15) is 0 Å². The molecule has 0 fully saturated rings. The summed E-state index contributed by atoms with van der Waals surface area (Å²) in [6.07, 6.45) is 6.22. The van der Waals surface area contributed by atoms with E-state index in [4.69, 9.17) is 5.73 Å². The third kappa shape index (κ3) is 4.23. The second kappa shape index (κ2) is 6.45. The standard InChI is InChI=1S/C5H6N2O.2ClH/c6-5-2-1-3-7-4-8-5;;/h1-4H,6H2;2*1H. The van der Waals surface area contributed by atoms with Crippen molar-refractivity contribution in [3.05, 3.63) is 24.2 Å². The zero-order chi connectivity index (χ0) is 5.82. The van der Waals surface area contributed by atoms with Crippen LogP contribution in [0.3, 0.4) is 0 Å². The number of rotatable bonds is 0. The van der Waals surface area contributed by atoms with E-state index in [1.807, 2.05) is 0 Å². The summed E-state index contributed by atoms with van der Waals surface area (Å²) in [6, 6.07) is 0. The number of nitrogens with two attached hydrogens (primary N) is 1. The molecule has 0 unspecified atom stereocenters. The van der Waals surface area contributed by atoms with Crippen molar-refractivity contribution in [1.82, 2.24) is 0 Å². The van der Waals surface area contributed by atoms with Gasteiger partial charge >= 0.3 is 0 Å². The minimum absolute atomic E-state index is 0. The smallest absolute Gasteiger partial charge is 0.192 e. The Hall–Kier alpha value is -0.670. The maximum atomic E-state index is 5.23. The summed E-state index contributed by atoms with van der Waals surface area (Å²) in [4.78, 5) is 3.66. The van der Waals surface area contributed by atoms with Gasteiger partial charge in [-0.3, -0.25) is 0 Å². The van der Waals surface area contributed by atoms with E-state index in [0.29, 0.717) is 5.88 Å². The quantitative estimate of drug-likeness (QED) is 0.613. The normalized spacial score (nSPS) is 13.4. The Morgan fingerprint density at radius 2 is 2.10 bits per heavy atom. The number of aliphatic imine (C=N–C) groups is 1. The number of nitrogens with zero attached hydrogens (tertiary/aromatic N) is 1. The van der Waals surface area contributed by atoms with Crippen LogP contribution in [0.4, 0.5) is 0 Å². The maximum absolute atomic E-state index is 5.23. The highest BCUT2D eigenvalue weighted by Gasteiger charge is 1.84. The summed E-state index contributed by atoms with van der Waals surface area (Å²) < 4.78 is 4.69. The number of hydrogen-bond donors (Lipinski definition) is 1. The molecular formula is C5H8Cl2N2O. The SMILES string of the molecule is Cl.Cl.NC1=CC=CN=CO1.